The van der Waals surface area contributed by atoms with Gasteiger partial charge in [0.05, 0.1) is 29.5 Å². The number of ether oxygens (including phenoxy) is 1. The molecule has 3 heterocycles. The number of hydrogen-bond acceptors (Lipinski definition) is 4. The minimum atomic E-state index is -0.598. The van der Waals surface area contributed by atoms with Gasteiger partial charge < -0.3 is 19.9 Å². The Balaban J connectivity index is 1.68. The van der Waals surface area contributed by atoms with Crippen LogP contribution in [0.5, 0.6) is 0 Å². The van der Waals surface area contributed by atoms with E-state index in [-0.39, 0.29) is 17.4 Å². The van der Waals surface area contributed by atoms with E-state index in [1.807, 2.05) is 25.1 Å². The number of nitrogens with zero attached hydrogens (tertiary/aromatic N) is 2. The van der Waals surface area contributed by atoms with Crippen LogP contribution in [0.1, 0.15) is 15.9 Å². The number of hydrogen-bond donors (Lipinski definition) is 2. The molecule has 5 rings (SSSR count). The number of halogens is 2. The van der Waals surface area contributed by atoms with Gasteiger partial charge in [-0.05, 0) is 60.0 Å². The van der Waals surface area contributed by atoms with Crippen LogP contribution in [0.4, 0.5) is 10.1 Å². The normalized spacial score (nSPS) is 13.5. The van der Waals surface area contributed by atoms with Crippen molar-refractivity contribution in [3.05, 3.63) is 83.3 Å². The van der Waals surface area contributed by atoms with Crippen molar-refractivity contribution < 1.29 is 18.7 Å². The van der Waals surface area contributed by atoms with Gasteiger partial charge in [0.1, 0.15) is 11.5 Å². The zero-order valence-corrected chi connectivity index (χ0v) is 20.9. The van der Waals surface area contributed by atoms with Crippen LogP contribution in [0.25, 0.3) is 33.4 Å². The molecule has 0 spiro atoms. The number of morpholine rings is 1. The van der Waals surface area contributed by atoms with Crippen LogP contribution < -0.4 is 5.32 Å². The summed E-state index contributed by atoms with van der Waals surface area (Å²) in [6.45, 7) is 7.05. The van der Waals surface area contributed by atoms with Gasteiger partial charge in [0.15, 0.2) is 0 Å². The summed E-state index contributed by atoms with van der Waals surface area (Å²) in [6.07, 6.45) is 2.80. The quantitative estimate of drug-likeness (QED) is 0.337. The fourth-order valence-electron chi connectivity index (χ4n) is 4.46. The number of anilines is 1. The van der Waals surface area contributed by atoms with Crippen LogP contribution in [-0.2, 0) is 9.53 Å². The third kappa shape index (κ3) is 4.73. The first-order chi connectivity index (χ1) is 17.9. The summed E-state index contributed by atoms with van der Waals surface area (Å²) in [4.78, 5) is 34.5. The summed E-state index contributed by atoms with van der Waals surface area (Å²) in [6, 6.07) is 11.8. The molecule has 188 valence electrons. The highest BCUT2D eigenvalue weighted by Crippen LogP contribution is 2.42. The van der Waals surface area contributed by atoms with E-state index in [4.69, 9.17) is 16.3 Å². The van der Waals surface area contributed by atoms with Gasteiger partial charge in [0.25, 0.3) is 5.91 Å². The highest BCUT2D eigenvalue weighted by atomic mass is 35.5. The number of aryl methyl sites for hydroxylation is 1. The molecule has 0 unspecified atom stereocenters. The summed E-state index contributed by atoms with van der Waals surface area (Å²) < 4.78 is 20.2. The van der Waals surface area contributed by atoms with Gasteiger partial charge in [0.2, 0.25) is 5.91 Å². The first-order valence-electron chi connectivity index (χ1n) is 11.7. The Morgan fingerprint density at radius 1 is 1.16 bits per heavy atom. The lowest BCUT2D eigenvalue weighted by atomic mass is 9.96. The molecule has 1 aliphatic heterocycles. The average Bonchev–Trinajstić information content (AvgIpc) is 3.31. The second-order valence-electron chi connectivity index (χ2n) is 8.71. The number of fused-ring (bicyclic) bond motifs is 1. The number of pyridine rings is 1. The number of H-pyrrole nitrogens is 1. The van der Waals surface area contributed by atoms with Crippen molar-refractivity contribution in [2.24, 2.45) is 0 Å². The van der Waals surface area contributed by atoms with Crippen LogP contribution >= 0.6 is 11.6 Å². The number of carbonyl (C=O) groups is 2. The average molecular weight is 519 g/mol. The fourth-order valence-corrected chi connectivity index (χ4v) is 4.70. The Labute approximate surface area is 217 Å². The smallest absolute Gasteiger partial charge is 0.257 e. The van der Waals surface area contributed by atoms with Crippen LogP contribution in [0.15, 0.2) is 61.3 Å². The Kier molecular flexibility index (Phi) is 6.78. The van der Waals surface area contributed by atoms with Crippen molar-refractivity contribution in [1.82, 2.24) is 14.9 Å². The molecule has 1 saturated heterocycles. The van der Waals surface area contributed by atoms with Crippen LogP contribution in [0.3, 0.4) is 0 Å². The third-order valence-electron chi connectivity index (χ3n) is 6.40. The van der Waals surface area contributed by atoms with Crippen LogP contribution in [0, 0.1) is 12.7 Å². The summed E-state index contributed by atoms with van der Waals surface area (Å²) in [7, 11) is 0. The summed E-state index contributed by atoms with van der Waals surface area (Å²) in [5, 5.41) is 3.98. The maximum absolute atomic E-state index is 14.9. The van der Waals surface area contributed by atoms with Gasteiger partial charge in [-0.3, -0.25) is 9.59 Å². The zero-order chi connectivity index (χ0) is 26.1. The standard InChI is InChI=1S/C28H24ClFN4O3/c1-3-23(35)32-22-15-17(5-4-16(22)2)24-25-20(29)8-9-31-27(25)33-26(24)18-6-7-21(30)19(14-18)28(36)34-10-12-37-13-11-34/h3-9,14-15H,1,10-13H2,2H3,(H,31,33)(H,32,35). The molecule has 37 heavy (non-hydrogen) atoms. The number of carbonyl (C=O) groups excluding carboxylic acids is 2. The number of aromatic amines is 1. The molecule has 7 nitrogen and oxygen atoms in total. The van der Waals surface area contributed by atoms with E-state index in [1.165, 1.54) is 12.1 Å². The second-order valence-corrected chi connectivity index (χ2v) is 9.12. The van der Waals surface area contributed by atoms with Gasteiger partial charge >= 0.3 is 0 Å². The number of benzene rings is 2. The van der Waals surface area contributed by atoms with E-state index in [9.17, 15) is 14.0 Å². The Bertz CT molecular complexity index is 1540. The molecule has 1 fully saturated rings. The molecular weight excluding hydrogens is 495 g/mol. The number of nitrogens with one attached hydrogen (secondary N) is 2. The lowest BCUT2D eigenvalue weighted by Gasteiger charge is -2.27. The molecule has 2 aromatic heterocycles. The molecule has 2 N–H and O–H groups in total. The van der Waals surface area contributed by atoms with E-state index in [0.29, 0.717) is 59.3 Å². The molecule has 0 saturated carbocycles. The minimum Gasteiger partial charge on any atom is -0.378 e. The van der Waals surface area contributed by atoms with Crippen molar-refractivity contribution in [2.45, 2.75) is 6.92 Å². The molecule has 0 bridgehead atoms. The molecule has 2 amide bonds. The monoisotopic (exact) mass is 518 g/mol. The zero-order valence-electron chi connectivity index (χ0n) is 20.1. The predicted octanol–water partition coefficient (Wildman–Crippen LogP) is 5.59. The Morgan fingerprint density at radius 3 is 2.68 bits per heavy atom. The molecule has 0 atom stereocenters. The van der Waals surface area contributed by atoms with E-state index < -0.39 is 5.82 Å². The SMILES string of the molecule is C=CC(=O)Nc1cc(-c2c(-c3ccc(F)c(C(=O)N4CCOCC4)c3)[nH]c3nccc(Cl)c23)ccc1C. The van der Waals surface area contributed by atoms with E-state index >= 15 is 0 Å². The Hall–Kier alpha value is -4.01. The maximum atomic E-state index is 14.9. The second kappa shape index (κ2) is 10.2. The highest BCUT2D eigenvalue weighted by Gasteiger charge is 2.24. The van der Waals surface area contributed by atoms with E-state index in [1.54, 1.807) is 29.3 Å². The fraction of sp³-hybridized carbons (Fsp3) is 0.179. The summed E-state index contributed by atoms with van der Waals surface area (Å²) in [5.74, 6) is -1.32. The van der Waals surface area contributed by atoms with Gasteiger partial charge in [-0.2, -0.15) is 0 Å². The van der Waals surface area contributed by atoms with Crippen molar-refractivity contribution in [2.75, 3.05) is 31.6 Å². The van der Waals surface area contributed by atoms with Gasteiger partial charge in [-0.25, -0.2) is 9.37 Å². The molecule has 0 aliphatic carbocycles. The first-order valence-corrected chi connectivity index (χ1v) is 12.1. The summed E-state index contributed by atoms with van der Waals surface area (Å²) in [5.41, 5.74) is 4.70. The predicted molar refractivity (Wildman–Crippen MR) is 142 cm³/mol. The third-order valence-corrected chi connectivity index (χ3v) is 6.71. The molecule has 2 aromatic carbocycles. The number of amides is 2. The van der Waals surface area contributed by atoms with Crippen molar-refractivity contribution in [3.63, 3.8) is 0 Å². The van der Waals surface area contributed by atoms with Crippen LogP contribution in [0.2, 0.25) is 5.02 Å². The molecule has 9 heteroatoms. The summed E-state index contributed by atoms with van der Waals surface area (Å²) >= 11 is 6.62. The number of rotatable bonds is 5. The molecule has 0 radical (unpaired) electrons. The minimum absolute atomic E-state index is 0.0223. The largest absolute Gasteiger partial charge is 0.378 e. The van der Waals surface area contributed by atoms with Crippen molar-refractivity contribution >= 4 is 40.1 Å². The van der Waals surface area contributed by atoms with Gasteiger partial charge in [0, 0.05) is 35.9 Å². The van der Waals surface area contributed by atoms with Gasteiger partial charge in [-0.15, -0.1) is 0 Å². The lowest BCUT2D eigenvalue weighted by Crippen LogP contribution is -2.41. The lowest BCUT2D eigenvalue weighted by molar-refractivity contribution is -0.111. The van der Waals surface area contributed by atoms with Crippen LogP contribution in [-0.4, -0.2) is 53.0 Å². The number of aromatic nitrogens is 2. The van der Waals surface area contributed by atoms with Crippen molar-refractivity contribution in [1.29, 1.82) is 0 Å². The molecule has 1 aliphatic rings. The first kappa shape index (κ1) is 24.7. The van der Waals surface area contributed by atoms with E-state index in [0.717, 1.165) is 16.7 Å². The topological polar surface area (TPSA) is 87.3 Å². The highest BCUT2D eigenvalue weighted by molar-refractivity contribution is 6.37. The molecular formula is C28H24ClFN4O3. The Morgan fingerprint density at radius 2 is 1.92 bits per heavy atom. The van der Waals surface area contributed by atoms with Crippen molar-refractivity contribution in [3.8, 4) is 22.4 Å². The molecule has 4 aromatic rings. The maximum Gasteiger partial charge on any atom is 0.257 e. The van der Waals surface area contributed by atoms with Gasteiger partial charge in [-0.1, -0.05) is 30.3 Å². The van der Waals surface area contributed by atoms with E-state index in [2.05, 4.69) is 21.9 Å².